The Hall–Kier alpha value is -1.00. The van der Waals surface area contributed by atoms with E-state index in [1.54, 1.807) is 24.3 Å². The molecule has 0 spiro atoms. The van der Waals surface area contributed by atoms with E-state index in [0.717, 1.165) is 0 Å². The monoisotopic (exact) mass is 346 g/mol. The fourth-order valence-corrected chi connectivity index (χ4v) is 3.87. The number of hydrogen-bond donors (Lipinski definition) is 0. The standard InChI is InChI=1S/C14H20O6P2/c1-11(21(15,17-3)18-4)13-8-7-9-14(10-13)12(2)22(16,19-5)20-6/h7-10H,1-2H2,3-6H3. The Morgan fingerprint density at radius 3 is 1.41 bits per heavy atom. The van der Waals surface area contributed by atoms with E-state index in [1.807, 2.05) is 0 Å². The van der Waals surface area contributed by atoms with Gasteiger partial charge in [-0.15, -0.1) is 0 Å². The van der Waals surface area contributed by atoms with E-state index in [2.05, 4.69) is 13.2 Å². The molecule has 0 aliphatic carbocycles. The smallest absolute Gasteiger partial charge is 0.309 e. The van der Waals surface area contributed by atoms with E-state index in [-0.39, 0.29) is 10.6 Å². The summed E-state index contributed by atoms with van der Waals surface area (Å²) in [5.74, 6) is 0. The van der Waals surface area contributed by atoms with E-state index in [9.17, 15) is 9.13 Å². The highest BCUT2D eigenvalue weighted by molar-refractivity contribution is 7.65. The van der Waals surface area contributed by atoms with Crippen LogP contribution in [0.25, 0.3) is 10.6 Å². The van der Waals surface area contributed by atoms with Gasteiger partial charge >= 0.3 is 15.2 Å². The van der Waals surface area contributed by atoms with Crippen LogP contribution < -0.4 is 0 Å². The van der Waals surface area contributed by atoms with Gasteiger partial charge in [-0.1, -0.05) is 31.4 Å². The maximum atomic E-state index is 12.4. The summed E-state index contributed by atoms with van der Waals surface area (Å²) in [5.41, 5.74) is 1.04. The van der Waals surface area contributed by atoms with E-state index >= 15 is 0 Å². The lowest BCUT2D eigenvalue weighted by atomic mass is 10.1. The first kappa shape index (κ1) is 19.0. The molecule has 0 bridgehead atoms. The molecule has 0 N–H and O–H groups in total. The minimum atomic E-state index is -3.45. The predicted octanol–water partition coefficient (Wildman–Crippen LogP) is 4.60. The molecule has 122 valence electrons. The lowest BCUT2D eigenvalue weighted by molar-refractivity contribution is 0.287. The summed E-state index contributed by atoms with van der Waals surface area (Å²) in [4.78, 5) is 0. The van der Waals surface area contributed by atoms with Crippen molar-refractivity contribution in [2.24, 2.45) is 0 Å². The van der Waals surface area contributed by atoms with Crippen molar-refractivity contribution >= 4 is 25.8 Å². The van der Waals surface area contributed by atoms with E-state index < -0.39 is 15.2 Å². The molecule has 1 aromatic carbocycles. The first-order chi connectivity index (χ1) is 10.3. The van der Waals surface area contributed by atoms with Gasteiger partial charge in [0.25, 0.3) is 0 Å². The fourth-order valence-electron chi connectivity index (χ4n) is 1.78. The molecule has 0 amide bonds. The molecule has 0 unspecified atom stereocenters. The first-order valence-electron chi connectivity index (χ1n) is 6.20. The second kappa shape index (κ2) is 7.51. The van der Waals surface area contributed by atoms with Gasteiger partial charge in [0.15, 0.2) is 0 Å². The van der Waals surface area contributed by atoms with E-state index in [4.69, 9.17) is 18.1 Å². The molecule has 0 aliphatic rings. The maximum absolute atomic E-state index is 12.4. The zero-order valence-corrected chi connectivity index (χ0v) is 14.9. The number of benzene rings is 1. The van der Waals surface area contributed by atoms with Gasteiger partial charge in [-0.25, -0.2) is 0 Å². The molecule has 8 heteroatoms. The van der Waals surface area contributed by atoms with Crippen molar-refractivity contribution in [2.75, 3.05) is 28.4 Å². The SMILES string of the molecule is C=C(c1cccc(C(=C)P(=O)(OC)OC)c1)P(=O)(OC)OC. The molecular weight excluding hydrogens is 326 g/mol. The quantitative estimate of drug-likeness (QED) is 0.641. The Morgan fingerprint density at radius 1 is 0.818 bits per heavy atom. The third-order valence-electron chi connectivity index (χ3n) is 3.15. The van der Waals surface area contributed by atoms with Gasteiger partial charge in [-0.05, 0) is 17.2 Å². The first-order valence-corrected chi connectivity index (χ1v) is 9.29. The van der Waals surface area contributed by atoms with Gasteiger partial charge in [0, 0.05) is 28.4 Å². The van der Waals surface area contributed by atoms with Gasteiger partial charge in [-0.2, -0.15) is 0 Å². The molecule has 1 aromatic rings. The van der Waals surface area contributed by atoms with Crippen molar-refractivity contribution in [2.45, 2.75) is 0 Å². The summed E-state index contributed by atoms with van der Waals surface area (Å²) in [7, 11) is -1.79. The molecule has 0 heterocycles. The third kappa shape index (κ3) is 3.66. The Balaban J connectivity index is 3.26. The van der Waals surface area contributed by atoms with E-state index in [0.29, 0.717) is 11.1 Å². The Morgan fingerprint density at radius 2 is 1.14 bits per heavy atom. The third-order valence-corrected chi connectivity index (χ3v) is 6.91. The summed E-state index contributed by atoms with van der Waals surface area (Å²) in [5, 5.41) is 0.383. The van der Waals surface area contributed by atoms with Crippen molar-refractivity contribution < 1.29 is 27.2 Å². The van der Waals surface area contributed by atoms with Crippen LogP contribution in [0.5, 0.6) is 0 Å². The van der Waals surface area contributed by atoms with Gasteiger partial charge in [0.2, 0.25) is 0 Å². The van der Waals surface area contributed by atoms with Crippen LogP contribution in [0.3, 0.4) is 0 Å². The fraction of sp³-hybridized carbons (Fsp3) is 0.286. The molecule has 6 nitrogen and oxygen atoms in total. The second-order valence-electron chi connectivity index (χ2n) is 4.20. The predicted molar refractivity (Wildman–Crippen MR) is 87.8 cm³/mol. The van der Waals surface area contributed by atoms with E-state index in [1.165, 1.54) is 28.4 Å². The number of hydrogen-bond acceptors (Lipinski definition) is 6. The van der Waals surface area contributed by atoms with Crippen LogP contribution in [0, 0.1) is 0 Å². The summed E-state index contributed by atoms with van der Waals surface area (Å²) in [6.45, 7) is 7.53. The van der Waals surface area contributed by atoms with Crippen molar-refractivity contribution in [1.29, 1.82) is 0 Å². The number of rotatable bonds is 8. The van der Waals surface area contributed by atoms with Crippen LogP contribution in [0.4, 0.5) is 0 Å². The average Bonchev–Trinajstić information content (AvgIpc) is 2.58. The van der Waals surface area contributed by atoms with Crippen molar-refractivity contribution in [1.82, 2.24) is 0 Å². The maximum Gasteiger partial charge on any atom is 0.360 e. The van der Waals surface area contributed by atoms with Crippen LogP contribution in [-0.4, -0.2) is 28.4 Å². The highest BCUT2D eigenvalue weighted by atomic mass is 31.2. The summed E-state index contributed by atoms with van der Waals surface area (Å²) >= 11 is 0. The van der Waals surface area contributed by atoms with Crippen molar-refractivity contribution in [3.63, 3.8) is 0 Å². The van der Waals surface area contributed by atoms with Crippen LogP contribution >= 0.6 is 15.2 Å². The molecule has 22 heavy (non-hydrogen) atoms. The zero-order chi connectivity index (χ0) is 17.0. The van der Waals surface area contributed by atoms with Gasteiger partial charge in [-0.3, -0.25) is 9.13 Å². The highest BCUT2D eigenvalue weighted by Gasteiger charge is 2.30. The lowest BCUT2D eigenvalue weighted by Gasteiger charge is -2.19. The van der Waals surface area contributed by atoms with Gasteiger partial charge in [0.05, 0.1) is 10.6 Å². The van der Waals surface area contributed by atoms with Crippen LogP contribution in [0.15, 0.2) is 37.4 Å². The Labute approximate surface area is 130 Å². The normalized spacial score (nSPS) is 12.2. The summed E-state index contributed by atoms with van der Waals surface area (Å²) in [6.07, 6.45) is 0. The van der Waals surface area contributed by atoms with Crippen molar-refractivity contribution in [3.8, 4) is 0 Å². The molecule has 0 saturated heterocycles. The molecule has 0 aromatic heterocycles. The van der Waals surface area contributed by atoms with Crippen molar-refractivity contribution in [3.05, 3.63) is 48.6 Å². The van der Waals surface area contributed by atoms with Gasteiger partial charge < -0.3 is 18.1 Å². The largest absolute Gasteiger partial charge is 0.360 e. The minimum absolute atomic E-state index is 0.191. The molecular formula is C14H20O6P2. The highest BCUT2D eigenvalue weighted by Crippen LogP contribution is 2.60. The zero-order valence-electron chi connectivity index (χ0n) is 13.1. The molecule has 0 atom stereocenters. The topological polar surface area (TPSA) is 71.1 Å². The molecule has 1 rings (SSSR count). The van der Waals surface area contributed by atoms with Crippen LogP contribution in [0.1, 0.15) is 11.1 Å². The lowest BCUT2D eigenvalue weighted by Crippen LogP contribution is -1.95. The second-order valence-corrected chi connectivity index (χ2v) is 8.73. The minimum Gasteiger partial charge on any atom is -0.309 e. The van der Waals surface area contributed by atoms with Crippen LogP contribution in [0.2, 0.25) is 0 Å². The summed E-state index contributed by atoms with van der Waals surface area (Å²) in [6, 6.07) is 6.69. The van der Waals surface area contributed by atoms with Crippen LogP contribution in [-0.2, 0) is 27.2 Å². The molecule has 0 aliphatic heterocycles. The van der Waals surface area contributed by atoms with Gasteiger partial charge in [0.1, 0.15) is 0 Å². The summed E-state index contributed by atoms with van der Waals surface area (Å²) < 4.78 is 44.4. The Bertz CT molecular complexity index is 598. The average molecular weight is 346 g/mol. The molecule has 0 fully saturated rings. The molecule has 0 radical (unpaired) electrons. The Kier molecular flexibility index (Phi) is 6.50. The molecule has 0 saturated carbocycles.